The highest BCUT2D eigenvalue weighted by Gasteiger charge is 2.75. The molecule has 0 bridgehead atoms. The number of benzene rings is 3. The Kier molecular flexibility index (Phi) is 4.82. The minimum absolute atomic E-state index is 0.198. The lowest BCUT2D eigenvalue weighted by molar-refractivity contribution is -0.127. The molecule has 2 aliphatic heterocycles. The minimum atomic E-state index is -2.11. The number of aryl methyl sites for hydroxylation is 1. The fourth-order valence-corrected chi connectivity index (χ4v) is 6.01. The third-order valence-electron chi connectivity index (χ3n) is 7.34. The monoisotopic (exact) mass is 485 g/mol. The second kappa shape index (κ2) is 7.70. The Morgan fingerprint density at radius 3 is 2.09 bits per heavy atom. The molecule has 0 radical (unpaired) electrons. The van der Waals surface area contributed by atoms with E-state index in [2.05, 4.69) is 0 Å². The third kappa shape index (κ3) is 2.75. The maximum atomic E-state index is 14.0. The number of anilines is 1. The number of Topliss-reactive ketones (excluding diaryl/α,β-unsaturated/α-hetero) is 2. The van der Waals surface area contributed by atoms with Crippen LogP contribution in [0.5, 0.6) is 0 Å². The average molecular weight is 486 g/mol. The van der Waals surface area contributed by atoms with Gasteiger partial charge >= 0.3 is 0 Å². The maximum Gasteiger partial charge on any atom is 0.241 e. The van der Waals surface area contributed by atoms with E-state index in [0.717, 1.165) is 10.5 Å². The molecule has 2 heterocycles. The van der Waals surface area contributed by atoms with Crippen molar-refractivity contribution in [2.75, 3.05) is 4.90 Å². The molecule has 6 nitrogen and oxygen atoms in total. The van der Waals surface area contributed by atoms with Crippen LogP contribution in [0.4, 0.5) is 5.69 Å². The summed E-state index contributed by atoms with van der Waals surface area (Å²) in [5, 5.41) is 0.330. The lowest BCUT2D eigenvalue weighted by atomic mass is 9.77. The zero-order chi connectivity index (χ0) is 24.5. The summed E-state index contributed by atoms with van der Waals surface area (Å²) in [5.74, 6) is -4.66. The summed E-state index contributed by atoms with van der Waals surface area (Å²) in [7, 11) is 0. The van der Waals surface area contributed by atoms with Crippen molar-refractivity contribution in [1.29, 1.82) is 0 Å². The summed E-state index contributed by atoms with van der Waals surface area (Å²) >= 11 is 6.48. The highest BCUT2D eigenvalue weighted by atomic mass is 35.5. The topological polar surface area (TPSA) is 80.8 Å². The van der Waals surface area contributed by atoms with E-state index in [4.69, 9.17) is 16.3 Å². The van der Waals surface area contributed by atoms with Crippen LogP contribution in [-0.4, -0.2) is 29.0 Å². The van der Waals surface area contributed by atoms with Crippen LogP contribution >= 0.6 is 11.6 Å². The third-order valence-corrected chi connectivity index (χ3v) is 7.69. The Bertz CT molecular complexity index is 1410. The molecule has 3 unspecified atom stereocenters. The number of hydrogen-bond acceptors (Lipinski definition) is 5. The summed E-state index contributed by atoms with van der Waals surface area (Å²) in [4.78, 5) is 56.7. The van der Waals surface area contributed by atoms with Gasteiger partial charge in [-0.2, -0.15) is 0 Å². The van der Waals surface area contributed by atoms with Gasteiger partial charge in [-0.25, -0.2) is 4.90 Å². The average Bonchev–Trinajstić information content (AvgIpc) is 3.44. The van der Waals surface area contributed by atoms with Gasteiger partial charge in [0, 0.05) is 21.7 Å². The number of hydrogen-bond donors (Lipinski definition) is 0. The molecule has 0 aromatic heterocycles. The highest BCUT2D eigenvalue weighted by Crippen LogP contribution is 2.58. The fourth-order valence-electron chi connectivity index (χ4n) is 5.77. The second-order valence-corrected chi connectivity index (χ2v) is 9.40. The summed E-state index contributed by atoms with van der Waals surface area (Å²) < 4.78 is 6.28. The summed E-state index contributed by atoms with van der Waals surface area (Å²) in [6, 6.07) is 20.4. The molecular formula is C28H20ClNO5. The Hall–Kier alpha value is -3.61. The molecule has 0 N–H and O–H groups in total. The van der Waals surface area contributed by atoms with Gasteiger partial charge in [-0.15, -0.1) is 0 Å². The fraction of sp³-hybridized carbons (Fsp3) is 0.214. The molecule has 3 atom stereocenters. The summed E-state index contributed by atoms with van der Waals surface area (Å²) in [6.07, 6.45) is -0.437. The highest BCUT2D eigenvalue weighted by molar-refractivity contribution is 6.37. The number of carbonyl (C=O) groups is 4. The van der Waals surface area contributed by atoms with Crippen LogP contribution in [0.15, 0.2) is 72.8 Å². The van der Waals surface area contributed by atoms with Gasteiger partial charge in [-0.05, 0) is 24.1 Å². The Morgan fingerprint density at radius 2 is 1.43 bits per heavy atom. The molecule has 6 rings (SSSR count). The lowest BCUT2D eigenvalue weighted by Gasteiger charge is -2.28. The van der Waals surface area contributed by atoms with Crippen molar-refractivity contribution < 1.29 is 23.9 Å². The van der Waals surface area contributed by atoms with Crippen LogP contribution in [0, 0.1) is 11.8 Å². The van der Waals surface area contributed by atoms with Crippen molar-refractivity contribution in [2.45, 2.75) is 25.0 Å². The van der Waals surface area contributed by atoms with Crippen LogP contribution in [0.2, 0.25) is 5.02 Å². The zero-order valence-corrected chi connectivity index (χ0v) is 19.5. The smallest absolute Gasteiger partial charge is 0.241 e. The van der Waals surface area contributed by atoms with Crippen LogP contribution in [0.25, 0.3) is 0 Å². The SMILES string of the molecule is CCc1ccccc1N1C(=O)C2C(c3ccccc3Cl)OC3(C(=O)c4ccccc4C3=O)C2C1=O. The number of imide groups is 1. The Balaban J connectivity index is 1.57. The molecule has 174 valence electrons. The number of carbonyl (C=O) groups excluding carboxylic acids is 4. The predicted molar refractivity (Wildman–Crippen MR) is 128 cm³/mol. The normalized spacial score (nSPS) is 24.4. The molecule has 3 aliphatic rings. The van der Waals surface area contributed by atoms with E-state index in [1.165, 1.54) is 0 Å². The maximum absolute atomic E-state index is 14.0. The van der Waals surface area contributed by atoms with E-state index in [9.17, 15) is 19.2 Å². The van der Waals surface area contributed by atoms with E-state index in [-0.39, 0.29) is 11.1 Å². The van der Waals surface area contributed by atoms with Gasteiger partial charge in [0.05, 0.1) is 23.6 Å². The van der Waals surface area contributed by atoms with Gasteiger partial charge in [0.15, 0.2) is 0 Å². The van der Waals surface area contributed by atoms with E-state index in [1.54, 1.807) is 60.7 Å². The number of ether oxygens (including phenoxy) is 1. The van der Waals surface area contributed by atoms with Crippen LogP contribution in [-0.2, 0) is 20.7 Å². The number of ketones is 2. The van der Waals surface area contributed by atoms with Crippen LogP contribution < -0.4 is 4.90 Å². The first-order valence-electron chi connectivity index (χ1n) is 11.5. The first-order valence-corrected chi connectivity index (χ1v) is 11.9. The summed E-state index contributed by atoms with van der Waals surface area (Å²) in [5.41, 5.74) is 0.0198. The Morgan fingerprint density at radius 1 is 0.829 bits per heavy atom. The standard InChI is InChI=1S/C28H20ClNO5/c1-2-15-9-3-8-14-20(15)30-26(33)21-22(27(30)34)28(35-23(21)18-12-6-7-13-19(18)29)24(31)16-10-4-5-11-17(16)25(28)32/h3-14,21-23H,2H2,1H3. The molecule has 3 aromatic rings. The van der Waals surface area contributed by atoms with Gasteiger partial charge in [0.25, 0.3) is 0 Å². The van der Waals surface area contributed by atoms with Crippen molar-refractivity contribution in [2.24, 2.45) is 11.8 Å². The molecule has 2 amide bonds. The van der Waals surface area contributed by atoms with Crippen LogP contribution in [0.3, 0.4) is 0 Å². The van der Waals surface area contributed by atoms with Crippen molar-refractivity contribution >= 4 is 40.7 Å². The molecule has 2 fully saturated rings. The number of rotatable bonds is 3. The quantitative estimate of drug-likeness (QED) is 0.400. The molecule has 0 saturated carbocycles. The zero-order valence-electron chi connectivity index (χ0n) is 18.7. The summed E-state index contributed by atoms with van der Waals surface area (Å²) in [6.45, 7) is 1.93. The number of halogens is 1. The molecule has 2 saturated heterocycles. The van der Waals surface area contributed by atoms with E-state index in [1.807, 2.05) is 19.1 Å². The number of amides is 2. The lowest BCUT2D eigenvalue weighted by Crippen LogP contribution is -2.51. The molecule has 3 aromatic carbocycles. The number of fused-ring (bicyclic) bond motifs is 3. The largest absolute Gasteiger partial charge is 0.349 e. The Labute approximate surface area is 206 Å². The number of nitrogens with zero attached hydrogens (tertiary/aromatic N) is 1. The molecule has 1 spiro atoms. The van der Waals surface area contributed by atoms with Gasteiger partial charge in [0.1, 0.15) is 0 Å². The number of para-hydroxylation sites is 1. The molecule has 1 aliphatic carbocycles. The molecular weight excluding hydrogens is 466 g/mol. The first kappa shape index (κ1) is 21.9. The van der Waals surface area contributed by atoms with Gasteiger partial charge in [-0.3, -0.25) is 19.2 Å². The van der Waals surface area contributed by atoms with Gasteiger partial charge < -0.3 is 4.74 Å². The second-order valence-electron chi connectivity index (χ2n) is 9.00. The van der Waals surface area contributed by atoms with Crippen molar-refractivity contribution in [3.63, 3.8) is 0 Å². The molecule has 35 heavy (non-hydrogen) atoms. The van der Waals surface area contributed by atoms with Gasteiger partial charge in [0.2, 0.25) is 29.0 Å². The van der Waals surface area contributed by atoms with E-state index in [0.29, 0.717) is 22.7 Å². The van der Waals surface area contributed by atoms with Crippen molar-refractivity contribution in [3.05, 3.63) is 100 Å². The van der Waals surface area contributed by atoms with E-state index < -0.39 is 46.9 Å². The molecule has 7 heteroatoms. The predicted octanol–water partition coefficient (Wildman–Crippen LogP) is 4.60. The first-order chi connectivity index (χ1) is 16.9. The van der Waals surface area contributed by atoms with Crippen LogP contribution in [0.1, 0.15) is 44.9 Å². The minimum Gasteiger partial charge on any atom is -0.349 e. The van der Waals surface area contributed by atoms with Crippen molar-refractivity contribution in [3.8, 4) is 0 Å². The van der Waals surface area contributed by atoms with Gasteiger partial charge in [-0.1, -0.05) is 79.2 Å². The van der Waals surface area contributed by atoms with Crippen molar-refractivity contribution in [1.82, 2.24) is 0 Å². The van der Waals surface area contributed by atoms with E-state index >= 15 is 0 Å².